The number of imidazole rings is 1. The highest BCUT2D eigenvalue weighted by atomic mass is 19.1. The van der Waals surface area contributed by atoms with E-state index in [1.54, 1.807) is 10.6 Å². The number of nitrogen functional groups attached to an aromatic ring is 1. The number of carbonyl (C=O) groups excluding carboxylic acids is 1. The zero-order valence-electron chi connectivity index (χ0n) is 11.0. The number of anilines is 1. The van der Waals surface area contributed by atoms with Gasteiger partial charge in [0, 0.05) is 25.1 Å². The van der Waals surface area contributed by atoms with E-state index in [0.29, 0.717) is 18.5 Å². The number of halogens is 1. The van der Waals surface area contributed by atoms with Gasteiger partial charge in [0.2, 0.25) is 11.9 Å². The molecule has 19 heavy (non-hydrogen) atoms. The summed E-state index contributed by atoms with van der Waals surface area (Å²) >= 11 is 0. The first-order valence-corrected chi connectivity index (χ1v) is 6.18. The molecule has 0 saturated heterocycles. The summed E-state index contributed by atoms with van der Waals surface area (Å²) in [7, 11) is 0. The van der Waals surface area contributed by atoms with Crippen molar-refractivity contribution in [1.29, 1.82) is 0 Å². The first-order valence-electron chi connectivity index (χ1n) is 6.18. The Morgan fingerprint density at radius 2 is 2.26 bits per heavy atom. The molecule has 1 aromatic carbocycles. The Kier molecular flexibility index (Phi) is 3.69. The molecule has 5 nitrogen and oxygen atoms in total. The molecule has 0 spiro atoms. The lowest BCUT2D eigenvalue weighted by atomic mass is 10.3. The largest absolute Gasteiger partial charge is 0.369 e. The van der Waals surface area contributed by atoms with Crippen molar-refractivity contribution in [3.8, 4) is 0 Å². The molecule has 0 atom stereocenters. The Morgan fingerprint density at radius 3 is 2.95 bits per heavy atom. The normalized spacial score (nSPS) is 11.2. The molecule has 0 aliphatic rings. The number of nitrogens with zero attached hydrogens (tertiary/aromatic N) is 2. The minimum atomic E-state index is -0.352. The van der Waals surface area contributed by atoms with Crippen molar-refractivity contribution >= 4 is 22.9 Å². The molecule has 2 rings (SSSR count). The minimum Gasteiger partial charge on any atom is -0.369 e. The summed E-state index contributed by atoms with van der Waals surface area (Å²) in [5.41, 5.74) is 7.02. The van der Waals surface area contributed by atoms with E-state index < -0.39 is 0 Å². The van der Waals surface area contributed by atoms with Gasteiger partial charge in [-0.2, -0.15) is 0 Å². The highest BCUT2D eigenvalue weighted by Gasteiger charge is 2.10. The zero-order chi connectivity index (χ0) is 14.0. The smallest absolute Gasteiger partial charge is 0.221 e. The number of aromatic nitrogens is 2. The molecule has 0 unspecified atom stereocenters. The van der Waals surface area contributed by atoms with Crippen LogP contribution in [0.5, 0.6) is 0 Å². The monoisotopic (exact) mass is 264 g/mol. The highest BCUT2D eigenvalue weighted by molar-refractivity contribution is 5.79. The summed E-state index contributed by atoms with van der Waals surface area (Å²) in [6.07, 6.45) is 0.311. The van der Waals surface area contributed by atoms with E-state index in [1.807, 2.05) is 13.8 Å². The van der Waals surface area contributed by atoms with Crippen LogP contribution in [0.4, 0.5) is 10.3 Å². The van der Waals surface area contributed by atoms with Crippen LogP contribution in [0.3, 0.4) is 0 Å². The van der Waals surface area contributed by atoms with Gasteiger partial charge in [-0.25, -0.2) is 9.37 Å². The van der Waals surface area contributed by atoms with Crippen LogP contribution in [0.1, 0.15) is 20.3 Å². The summed E-state index contributed by atoms with van der Waals surface area (Å²) in [6, 6.07) is 4.41. The first kappa shape index (κ1) is 13.3. The third-order valence-corrected chi connectivity index (χ3v) is 2.75. The van der Waals surface area contributed by atoms with Crippen molar-refractivity contribution in [1.82, 2.24) is 14.9 Å². The molecule has 0 bridgehead atoms. The van der Waals surface area contributed by atoms with E-state index in [4.69, 9.17) is 5.73 Å². The van der Waals surface area contributed by atoms with Crippen LogP contribution >= 0.6 is 0 Å². The maximum atomic E-state index is 13.1. The lowest BCUT2D eigenvalue weighted by molar-refractivity contribution is -0.121. The summed E-state index contributed by atoms with van der Waals surface area (Å²) in [4.78, 5) is 15.7. The SMILES string of the molecule is CC(C)NC(=O)CCn1c(N)nc2cc(F)ccc21. The molecule has 1 amide bonds. The second kappa shape index (κ2) is 5.26. The molecule has 6 heteroatoms. The molecule has 3 N–H and O–H groups in total. The number of rotatable bonds is 4. The number of nitrogens with two attached hydrogens (primary N) is 1. The van der Waals surface area contributed by atoms with Gasteiger partial charge < -0.3 is 15.6 Å². The molecule has 0 saturated carbocycles. The molecule has 0 aliphatic carbocycles. The summed E-state index contributed by atoms with van der Waals surface area (Å²) < 4.78 is 14.8. The van der Waals surface area contributed by atoms with E-state index in [-0.39, 0.29) is 23.7 Å². The Labute approximate surface area is 110 Å². The molecule has 1 aromatic heterocycles. The van der Waals surface area contributed by atoms with Gasteiger partial charge in [-0.3, -0.25) is 4.79 Å². The molecule has 0 radical (unpaired) electrons. The van der Waals surface area contributed by atoms with Crippen LogP contribution in [0, 0.1) is 5.82 Å². The van der Waals surface area contributed by atoms with Crippen LogP contribution in [0.2, 0.25) is 0 Å². The fraction of sp³-hybridized carbons (Fsp3) is 0.385. The Balaban J connectivity index is 2.16. The topological polar surface area (TPSA) is 72.9 Å². The maximum Gasteiger partial charge on any atom is 0.221 e. The van der Waals surface area contributed by atoms with Crippen LogP contribution in [-0.4, -0.2) is 21.5 Å². The van der Waals surface area contributed by atoms with E-state index in [2.05, 4.69) is 10.3 Å². The lowest BCUT2D eigenvalue weighted by Crippen LogP contribution is -2.30. The number of carbonyl (C=O) groups is 1. The van der Waals surface area contributed by atoms with Crippen molar-refractivity contribution in [3.63, 3.8) is 0 Å². The molecule has 0 aliphatic heterocycles. The van der Waals surface area contributed by atoms with Gasteiger partial charge in [-0.15, -0.1) is 0 Å². The molecule has 0 fully saturated rings. The van der Waals surface area contributed by atoms with E-state index in [9.17, 15) is 9.18 Å². The number of hydrogen-bond donors (Lipinski definition) is 2. The number of fused-ring (bicyclic) bond motifs is 1. The third-order valence-electron chi connectivity index (χ3n) is 2.75. The second-order valence-corrected chi connectivity index (χ2v) is 4.73. The predicted octanol–water partition coefficient (Wildman–Crippen LogP) is 1.67. The zero-order valence-corrected chi connectivity index (χ0v) is 11.0. The van der Waals surface area contributed by atoms with Crippen molar-refractivity contribution in [2.24, 2.45) is 0 Å². The third kappa shape index (κ3) is 3.01. The van der Waals surface area contributed by atoms with E-state index in [0.717, 1.165) is 5.52 Å². The maximum absolute atomic E-state index is 13.1. The second-order valence-electron chi connectivity index (χ2n) is 4.73. The minimum absolute atomic E-state index is 0.0432. The van der Waals surface area contributed by atoms with Gasteiger partial charge >= 0.3 is 0 Å². The highest BCUT2D eigenvalue weighted by Crippen LogP contribution is 2.19. The predicted molar refractivity (Wildman–Crippen MR) is 72.0 cm³/mol. The van der Waals surface area contributed by atoms with E-state index >= 15 is 0 Å². The number of aryl methyl sites for hydroxylation is 1. The Bertz CT molecular complexity index is 606. The number of benzene rings is 1. The van der Waals surface area contributed by atoms with Gasteiger partial charge in [-0.05, 0) is 26.0 Å². The average Bonchev–Trinajstić information content (AvgIpc) is 2.60. The van der Waals surface area contributed by atoms with Crippen LogP contribution in [-0.2, 0) is 11.3 Å². The number of hydrogen-bond acceptors (Lipinski definition) is 3. The summed E-state index contributed by atoms with van der Waals surface area (Å²) in [5.74, 6) is -0.106. The van der Waals surface area contributed by atoms with Gasteiger partial charge in [0.25, 0.3) is 0 Å². The number of amides is 1. The fourth-order valence-corrected chi connectivity index (χ4v) is 1.96. The van der Waals surface area contributed by atoms with Crippen molar-refractivity contribution in [2.45, 2.75) is 32.9 Å². The van der Waals surface area contributed by atoms with Gasteiger partial charge in [0.05, 0.1) is 11.0 Å². The lowest BCUT2D eigenvalue weighted by Gasteiger charge is -2.09. The molecule has 1 heterocycles. The van der Waals surface area contributed by atoms with Crippen molar-refractivity contribution in [2.75, 3.05) is 5.73 Å². The van der Waals surface area contributed by atoms with Gasteiger partial charge in [0.1, 0.15) is 5.82 Å². The van der Waals surface area contributed by atoms with Crippen LogP contribution in [0.15, 0.2) is 18.2 Å². The van der Waals surface area contributed by atoms with Crippen LogP contribution in [0.25, 0.3) is 11.0 Å². The van der Waals surface area contributed by atoms with Gasteiger partial charge in [-0.1, -0.05) is 0 Å². The summed E-state index contributed by atoms with van der Waals surface area (Å²) in [5, 5.41) is 2.81. The van der Waals surface area contributed by atoms with Gasteiger partial charge in [0.15, 0.2) is 0 Å². The standard InChI is InChI=1S/C13H17FN4O/c1-8(2)16-12(19)5-6-18-11-4-3-9(14)7-10(11)17-13(18)15/h3-4,7-8H,5-6H2,1-2H3,(H2,15,17)(H,16,19). The fourth-order valence-electron chi connectivity index (χ4n) is 1.96. The van der Waals surface area contributed by atoms with Crippen molar-refractivity contribution < 1.29 is 9.18 Å². The molecule has 102 valence electrons. The van der Waals surface area contributed by atoms with Crippen molar-refractivity contribution in [3.05, 3.63) is 24.0 Å². The molecular formula is C13H17FN4O. The first-order chi connectivity index (χ1) is 8.97. The quantitative estimate of drug-likeness (QED) is 0.882. The Hall–Kier alpha value is -2.11. The summed E-state index contributed by atoms with van der Waals surface area (Å²) in [6.45, 7) is 4.23. The molecule has 2 aromatic rings. The number of nitrogens with one attached hydrogen (secondary N) is 1. The van der Waals surface area contributed by atoms with Crippen LogP contribution < -0.4 is 11.1 Å². The molecular weight excluding hydrogens is 247 g/mol. The Morgan fingerprint density at radius 1 is 1.53 bits per heavy atom. The average molecular weight is 264 g/mol. The van der Waals surface area contributed by atoms with E-state index in [1.165, 1.54) is 12.1 Å².